The summed E-state index contributed by atoms with van der Waals surface area (Å²) in [6.07, 6.45) is 9.43. The van der Waals surface area contributed by atoms with E-state index in [1.54, 1.807) is 44.2 Å². The van der Waals surface area contributed by atoms with E-state index < -0.39 is 126 Å². The number of likely N-dealkylation sites (tertiary alicyclic amines) is 3. The standard InChI is InChI=1S/C59H95N13O12/c1-6-7-22-39(60)55(80)70-28-15-24-45(70)53(78)66-41(31-35(2)3)50(75)65-42(32-37-18-10-8-11-19-37)51(76)68-44(34-73)52(77)64-40(23-14-27-63-59(61)62)49(74)69-48(36(4)5)57(82)71-29-16-25-46(71)54(79)67-43(33-38-20-12-9-13-21-38)56(81)72-30-17-26-47(72)58(83)84/h9,12-13,20-21,35-37,39-48,73H,6-8,10-11,14-19,22-34,60H2,1-5H3,(H,64,77)(H,65,75)(H,66,78)(H,67,79)(H,68,76)(H,69,74)(H,83,84)(H4,61,62,63)/t39-,40-,41-,42-,43-,44-,45-,46-,47-,48-/m0/s1. The molecule has 84 heavy (non-hydrogen) atoms. The van der Waals surface area contributed by atoms with Gasteiger partial charge in [0.2, 0.25) is 53.2 Å². The molecule has 1 saturated carbocycles. The quantitative estimate of drug-likeness (QED) is 0.0273. The molecule has 1 aliphatic carbocycles. The molecule has 0 bridgehead atoms. The van der Waals surface area contributed by atoms with E-state index >= 15 is 0 Å². The number of hydrogen-bond donors (Lipinski definition) is 11. The molecule has 0 aromatic heterocycles. The molecule has 468 valence electrons. The van der Waals surface area contributed by atoms with Gasteiger partial charge in [-0.3, -0.25) is 48.1 Å². The van der Waals surface area contributed by atoms with Gasteiger partial charge in [0.15, 0.2) is 5.96 Å². The highest BCUT2D eigenvalue weighted by Crippen LogP contribution is 2.29. The Hall–Kier alpha value is -6.89. The summed E-state index contributed by atoms with van der Waals surface area (Å²) < 4.78 is 0. The number of carboxylic acid groups (broad SMARTS) is 1. The Morgan fingerprint density at radius 1 is 0.595 bits per heavy atom. The average molecular weight is 1180 g/mol. The summed E-state index contributed by atoms with van der Waals surface area (Å²) in [6, 6.07) is -2.45. The van der Waals surface area contributed by atoms with Gasteiger partial charge in [-0.15, -0.1) is 0 Å². The van der Waals surface area contributed by atoms with Crippen LogP contribution in [0.1, 0.15) is 156 Å². The number of aliphatic imine (C=N–C) groups is 1. The van der Waals surface area contributed by atoms with Gasteiger partial charge in [-0.2, -0.15) is 0 Å². The highest BCUT2D eigenvalue weighted by molar-refractivity contribution is 5.99. The van der Waals surface area contributed by atoms with Crippen molar-refractivity contribution in [2.75, 3.05) is 32.8 Å². The first-order chi connectivity index (χ1) is 40.0. The summed E-state index contributed by atoms with van der Waals surface area (Å²) in [5.74, 6) is -7.77. The van der Waals surface area contributed by atoms with E-state index in [0.717, 1.165) is 50.5 Å². The predicted octanol–water partition coefficient (Wildman–Crippen LogP) is 0.431. The van der Waals surface area contributed by atoms with Gasteiger partial charge in [-0.1, -0.05) is 110 Å². The lowest BCUT2D eigenvalue weighted by atomic mass is 9.84. The second-order valence-corrected chi connectivity index (χ2v) is 23.9. The smallest absolute Gasteiger partial charge is 0.326 e. The molecule has 3 saturated heterocycles. The van der Waals surface area contributed by atoms with Crippen LogP contribution in [-0.2, 0) is 54.4 Å². The van der Waals surface area contributed by atoms with Crippen LogP contribution < -0.4 is 49.1 Å². The summed E-state index contributed by atoms with van der Waals surface area (Å²) >= 11 is 0. The number of unbranched alkanes of at least 4 members (excludes halogenated alkanes) is 1. The Labute approximate surface area is 493 Å². The molecule has 25 heteroatoms. The number of hydrogen-bond acceptors (Lipinski definition) is 13. The Morgan fingerprint density at radius 2 is 1.12 bits per heavy atom. The molecule has 3 heterocycles. The normalized spacial score (nSPS) is 20.6. The van der Waals surface area contributed by atoms with Gasteiger partial charge in [-0.25, -0.2) is 4.79 Å². The molecule has 1 aromatic rings. The van der Waals surface area contributed by atoms with Gasteiger partial charge in [0.05, 0.1) is 12.6 Å². The minimum atomic E-state index is -1.64. The van der Waals surface area contributed by atoms with E-state index in [1.807, 2.05) is 20.8 Å². The molecular weight excluding hydrogens is 1080 g/mol. The van der Waals surface area contributed by atoms with Crippen LogP contribution in [0, 0.1) is 17.8 Å². The number of benzene rings is 1. The maximum atomic E-state index is 14.6. The molecule has 1 aromatic carbocycles. The fourth-order valence-corrected chi connectivity index (χ4v) is 11.9. The number of amides is 9. The number of carbonyl (C=O) groups excluding carboxylic acids is 9. The Balaban J connectivity index is 1.31. The minimum Gasteiger partial charge on any atom is -0.480 e. The topological polar surface area (TPSA) is 383 Å². The molecule has 10 atom stereocenters. The molecule has 0 spiro atoms. The summed E-state index contributed by atoms with van der Waals surface area (Å²) in [5.41, 5.74) is 18.1. The van der Waals surface area contributed by atoms with Crippen molar-refractivity contribution in [3.8, 4) is 0 Å². The number of carbonyl (C=O) groups is 10. The number of aliphatic hydroxyl groups excluding tert-OH is 1. The van der Waals surface area contributed by atoms with Crippen molar-refractivity contribution in [1.29, 1.82) is 0 Å². The van der Waals surface area contributed by atoms with Crippen molar-refractivity contribution in [3.05, 3.63) is 35.9 Å². The summed E-state index contributed by atoms with van der Waals surface area (Å²) in [7, 11) is 0. The summed E-state index contributed by atoms with van der Waals surface area (Å²) in [6.45, 7) is 8.98. The Morgan fingerprint density at radius 3 is 1.68 bits per heavy atom. The maximum absolute atomic E-state index is 14.6. The molecule has 4 fully saturated rings. The van der Waals surface area contributed by atoms with Crippen molar-refractivity contribution in [2.24, 2.45) is 39.9 Å². The second kappa shape index (κ2) is 33.6. The zero-order valence-electron chi connectivity index (χ0n) is 49.9. The van der Waals surface area contributed by atoms with Crippen LogP contribution in [0.5, 0.6) is 0 Å². The maximum Gasteiger partial charge on any atom is 0.326 e. The van der Waals surface area contributed by atoms with Gasteiger partial charge >= 0.3 is 5.97 Å². The van der Waals surface area contributed by atoms with E-state index in [4.69, 9.17) is 17.2 Å². The molecular formula is C59H95N13O12. The molecule has 9 amide bonds. The van der Waals surface area contributed by atoms with E-state index in [9.17, 15) is 58.2 Å². The fourth-order valence-electron chi connectivity index (χ4n) is 11.9. The first-order valence-electron chi connectivity index (χ1n) is 30.5. The van der Waals surface area contributed by atoms with Crippen LogP contribution >= 0.6 is 0 Å². The molecule has 14 N–H and O–H groups in total. The highest BCUT2D eigenvalue weighted by atomic mass is 16.4. The average Bonchev–Trinajstić information content (AvgIpc) is 4.32. The van der Waals surface area contributed by atoms with Crippen LogP contribution in [0.15, 0.2) is 35.3 Å². The third-order valence-corrected chi connectivity index (χ3v) is 16.5. The van der Waals surface area contributed by atoms with Crippen molar-refractivity contribution < 1.29 is 58.2 Å². The number of rotatable bonds is 31. The van der Waals surface area contributed by atoms with E-state index in [-0.39, 0.29) is 88.3 Å². The zero-order valence-corrected chi connectivity index (χ0v) is 49.9. The van der Waals surface area contributed by atoms with E-state index in [0.29, 0.717) is 38.6 Å². The van der Waals surface area contributed by atoms with Crippen LogP contribution in [0.2, 0.25) is 0 Å². The number of aliphatic hydroxyl groups is 1. The van der Waals surface area contributed by atoms with Crippen molar-refractivity contribution in [2.45, 2.75) is 217 Å². The second-order valence-electron chi connectivity index (χ2n) is 23.9. The summed E-state index contributed by atoms with van der Waals surface area (Å²) in [4.78, 5) is 148. The Bertz CT molecular complexity index is 2440. The fraction of sp³-hybridized carbons (Fsp3) is 0.712. The van der Waals surface area contributed by atoms with Crippen molar-refractivity contribution in [3.63, 3.8) is 0 Å². The largest absolute Gasteiger partial charge is 0.480 e. The highest BCUT2D eigenvalue weighted by Gasteiger charge is 2.44. The van der Waals surface area contributed by atoms with Crippen LogP contribution in [-0.4, -0.2) is 183 Å². The lowest BCUT2D eigenvalue weighted by molar-refractivity contribution is -0.150. The zero-order chi connectivity index (χ0) is 61.6. The number of guanidine groups is 1. The van der Waals surface area contributed by atoms with Crippen LogP contribution in [0.25, 0.3) is 0 Å². The molecule has 5 rings (SSSR count). The number of carboxylic acids is 1. The van der Waals surface area contributed by atoms with Crippen molar-refractivity contribution in [1.82, 2.24) is 46.6 Å². The number of nitrogens with zero attached hydrogens (tertiary/aromatic N) is 4. The molecule has 0 unspecified atom stereocenters. The van der Waals surface area contributed by atoms with E-state index in [1.165, 1.54) is 14.7 Å². The third-order valence-electron chi connectivity index (χ3n) is 16.5. The molecule has 3 aliphatic heterocycles. The SMILES string of the molecule is CCCC[C@H](N)C(=O)N1CCC[C@H]1C(=O)N[C@@H](CC(C)C)C(=O)N[C@@H](CC1CCCCC1)C(=O)N[C@@H](CO)C(=O)N[C@@H](CCCN=C(N)N)C(=O)N[C@H](C(=O)N1CCC[C@H]1C(=O)N[C@@H](Cc1ccccc1)C(=O)N1CCC[C@H]1C(=O)O)C(C)C. The summed E-state index contributed by atoms with van der Waals surface area (Å²) in [5, 5.41) is 37.1. The third kappa shape index (κ3) is 19.9. The molecule has 0 radical (unpaired) electrons. The number of nitrogens with two attached hydrogens (primary N) is 3. The van der Waals surface area contributed by atoms with Crippen LogP contribution in [0.4, 0.5) is 0 Å². The monoisotopic (exact) mass is 1180 g/mol. The van der Waals surface area contributed by atoms with Crippen LogP contribution in [0.3, 0.4) is 0 Å². The van der Waals surface area contributed by atoms with Gasteiger partial charge in [0, 0.05) is 32.6 Å². The molecule has 25 nitrogen and oxygen atoms in total. The van der Waals surface area contributed by atoms with Gasteiger partial charge in [0.1, 0.15) is 54.4 Å². The number of aliphatic carboxylic acids is 1. The lowest BCUT2D eigenvalue weighted by Crippen LogP contribution is -2.61. The first-order valence-corrected chi connectivity index (χ1v) is 30.5. The van der Waals surface area contributed by atoms with Crippen molar-refractivity contribution >= 4 is 65.1 Å². The van der Waals surface area contributed by atoms with Gasteiger partial charge in [-0.05, 0) is 93.9 Å². The Kier molecular flexibility index (Phi) is 27.1. The van der Waals surface area contributed by atoms with Gasteiger partial charge < -0.3 is 74.0 Å². The molecule has 4 aliphatic rings. The minimum absolute atomic E-state index is 0.0264. The first kappa shape index (κ1) is 67.9. The lowest BCUT2D eigenvalue weighted by Gasteiger charge is -2.33. The predicted molar refractivity (Wildman–Crippen MR) is 314 cm³/mol. The number of nitrogens with one attached hydrogen (secondary N) is 6. The van der Waals surface area contributed by atoms with Gasteiger partial charge in [0.25, 0.3) is 0 Å². The van der Waals surface area contributed by atoms with E-state index in [2.05, 4.69) is 36.9 Å².